The molecule has 2 aromatic rings. The van der Waals surface area contributed by atoms with Crippen molar-refractivity contribution in [3.05, 3.63) is 41.2 Å². The van der Waals surface area contributed by atoms with Crippen molar-refractivity contribution in [2.24, 2.45) is 0 Å². The molecule has 1 aromatic carbocycles. The van der Waals surface area contributed by atoms with E-state index in [0.29, 0.717) is 12.1 Å². The molecule has 0 radical (unpaired) electrons. The third-order valence-corrected chi connectivity index (χ3v) is 3.84. The molecule has 1 N–H and O–H groups in total. The third kappa shape index (κ3) is 1.84. The molecule has 3 rings (SSSR count). The fourth-order valence-electron chi connectivity index (χ4n) is 2.28. The molecule has 1 aliphatic heterocycles. The van der Waals surface area contributed by atoms with E-state index in [2.05, 4.69) is 14.3 Å². The molecule has 6 heteroatoms. The number of aromatic carboxylic acids is 1. The van der Waals surface area contributed by atoms with Crippen LogP contribution in [0.15, 0.2) is 24.5 Å². The third-order valence-electron chi connectivity index (χ3n) is 3.12. The number of aromatic nitrogens is 2. The summed E-state index contributed by atoms with van der Waals surface area (Å²) in [6.45, 7) is 1.48. The van der Waals surface area contributed by atoms with Crippen LogP contribution in [0.1, 0.15) is 21.5 Å². The number of carboxylic acids is 1. The van der Waals surface area contributed by atoms with E-state index in [1.54, 1.807) is 18.5 Å². The maximum absolute atomic E-state index is 11.1. The number of hydrogen-bond donors (Lipinski definition) is 1. The SMILES string of the molecule is O=C(O)c1cccc2c1CCN(c1ncns1)C2. The lowest BCUT2D eigenvalue weighted by molar-refractivity contribution is 0.0695. The molecular formula is C12H11N3O2S. The van der Waals surface area contributed by atoms with Gasteiger partial charge in [-0.25, -0.2) is 9.78 Å². The number of nitrogens with zero attached hydrogens (tertiary/aromatic N) is 3. The van der Waals surface area contributed by atoms with E-state index in [1.807, 2.05) is 6.07 Å². The van der Waals surface area contributed by atoms with Crippen LogP contribution in [0.4, 0.5) is 5.13 Å². The number of hydrogen-bond acceptors (Lipinski definition) is 5. The Balaban J connectivity index is 1.94. The Bertz CT molecular complexity index is 583. The summed E-state index contributed by atoms with van der Waals surface area (Å²) in [5.41, 5.74) is 2.44. The molecule has 2 heterocycles. The van der Waals surface area contributed by atoms with E-state index in [4.69, 9.17) is 5.11 Å². The van der Waals surface area contributed by atoms with Gasteiger partial charge in [-0.2, -0.15) is 4.37 Å². The number of anilines is 1. The molecule has 1 aliphatic rings. The van der Waals surface area contributed by atoms with Crippen LogP contribution in [0.2, 0.25) is 0 Å². The van der Waals surface area contributed by atoms with Gasteiger partial charge in [0.2, 0.25) is 5.13 Å². The van der Waals surface area contributed by atoms with Gasteiger partial charge in [0.25, 0.3) is 0 Å². The molecule has 92 valence electrons. The molecule has 0 bridgehead atoms. The summed E-state index contributed by atoms with van der Waals surface area (Å²) >= 11 is 1.36. The standard InChI is InChI=1S/C12H11N3O2S/c16-11(17)10-3-1-2-8-6-15(5-4-9(8)10)12-13-7-14-18-12/h1-3,7H,4-6H2,(H,16,17). The van der Waals surface area contributed by atoms with E-state index in [-0.39, 0.29) is 0 Å². The zero-order valence-electron chi connectivity index (χ0n) is 9.54. The van der Waals surface area contributed by atoms with Crippen molar-refractivity contribution in [3.63, 3.8) is 0 Å². The molecule has 0 atom stereocenters. The molecule has 0 unspecified atom stereocenters. The van der Waals surface area contributed by atoms with Crippen LogP contribution in [-0.4, -0.2) is 27.0 Å². The molecule has 0 fully saturated rings. The largest absolute Gasteiger partial charge is 0.478 e. The molecule has 0 saturated carbocycles. The van der Waals surface area contributed by atoms with Crippen LogP contribution in [-0.2, 0) is 13.0 Å². The van der Waals surface area contributed by atoms with E-state index in [9.17, 15) is 4.79 Å². The summed E-state index contributed by atoms with van der Waals surface area (Å²) in [4.78, 5) is 17.5. The van der Waals surface area contributed by atoms with Crippen molar-refractivity contribution in [1.82, 2.24) is 9.36 Å². The van der Waals surface area contributed by atoms with Gasteiger partial charge >= 0.3 is 5.97 Å². The fourth-order valence-corrected chi connectivity index (χ4v) is 2.83. The monoisotopic (exact) mass is 261 g/mol. The van der Waals surface area contributed by atoms with Gasteiger partial charge in [0, 0.05) is 24.6 Å². The Kier molecular flexibility index (Phi) is 2.71. The Morgan fingerprint density at radius 2 is 2.33 bits per heavy atom. The van der Waals surface area contributed by atoms with Gasteiger partial charge in [-0.15, -0.1) is 0 Å². The summed E-state index contributed by atoms with van der Waals surface area (Å²) in [7, 11) is 0. The average molecular weight is 261 g/mol. The Morgan fingerprint density at radius 1 is 1.44 bits per heavy atom. The van der Waals surface area contributed by atoms with Crippen molar-refractivity contribution in [3.8, 4) is 0 Å². The van der Waals surface area contributed by atoms with Crippen LogP contribution < -0.4 is 4.90 Å². The number of rotatable bonds is 2. The molecule has 1 aromatic heterocycles. The second-order valence-corrected chi connectivity index (χ2v) is 4.90. The second kappa shape index (κ2) is 4.38. The first-order valence-corrected chi connectivity index (χ1v) is 6.39. The highest BCUT2D eigenvalue weighted by molar-refractivity contribution is 7.09. The minimum Gasteiger partial charge on any atom is -0.478 e. The minimum absolute atomic E-state index is 0.421. The van der Waals surface area contributed by atoms with Crippen LogP contribution in [0.5, 0.6) is 0 Å². The maximum atomic E-state index is 11.1. The quantitative estimate of drug-likeness (QED) is 0.893. The maximum Gasteiger partial charge on any atom is 0.335 e. The molecule has 18 heavy (non-hydrogen) atoms. The molecule has 0 saturated heterocycles. The lowest BCUT2D eigenvalue weighted by Gasteiger charge is -2.28. The van der Waals surface area contributed by atoms with E-state index in [0.717, 1.165) is 29.2 Å². The molecular weight excluding hydrogens is 250 g/mol. The highest BCUT2D eigenvalue weighted by atomic mass is 32.1. The highest BCUT2D eigenvalue weighted by Crippen LogP contribution is 2.26. The van der Waals surface area contributed by atoms with E-state index >= 15 is 0 Å². The summed E-state index contributed by atoms with van der Waals surface area (Å²) < 4.78 is 3.99. The van der Waals surface area contributed by atoms with Gasteiger partial charge in [0.1, 0.15) is 6.33 Å². The smallest absolute Gasteiger partial charge is 0.335 e. The first-order valence-electron chi connectivity index (χ1n) is 5.61. The Labute approximate surface area is 108 Å². The van der Waals surface area contributed by atoms with E-state index < -0.39 is 5.97 Å². The lowest BCUT2D eigenvalue weighted by atomic mass is 9.95. The van der Waals surface area contributed by atoms with Crippen molar-refractivity contribution in [1.29, 1.82) is 0 Å². The van der Waals surface area contributed by atoms with Crippen LogP contribution in [0.25, 0.3) is 0 Å². The van der Waals surface area contributed by atoms with Crippen LogP contribution >= 0.6 is 11.5 Å². The molecule has 0 amide bonds. The fraction of sp³-hybridized carbons (Fsp3) is 0.250. The summed E-state index contributed by atoms with van der Waals surface area (Å²) in [6, 6.07) is 5.45. The average Bonchev–Trinajstić information content (AvgIpc) is 2.91. The van der Waals surface area contributed by atoms with Crippen molar-refractivity contribution >= 4 is 22.6 Å². The van der Waals surface area contributed by atoms with E-state index in [1.165, 1.54) is 11.5 Å². The number of carboxylic acid groups (broad SMARTS) is 1. The van der Waals surface area contributed by atoms with Gasteiger partial charge in [0.15, 0.2) is 0 Å². The lowest BCUT2D eigenvalue weighted by Crippen LogP contribution is -2.31. The highest BCUT2D eigenvalue weighted by Gasteiger charge is 2.22. The molecule has 5 nitrogen and oxygen atoms in total. The molecule has 0 spiro atoms. The molecule has 0 aliphatic carbocycles. The minimum atomic E-state index is -0.851. The first kappa shape index (κ1) is 11.2. The van der Waals surface area contributed by atoms with Gasteiger partial charge < -0.3 is 10.0 Å². The number of fused-ring (bicyclic) bond motifs is 1. The van der Waals surface area contributed by atoms with Gasteiger partial charge in [-0.1, -0.05) is 12.1 Å². The summed E-state index contributed by atoms with van der Waals surface area (Å²) in [5, 5.41) is 10.0. The van der Waals surface area contributed by atoms with Crippen LogP contribution in [0, 0.1) is 0 Å². The number of benzene rings is 1. The van der Waals surface area contributed by atoms with Crippen molar-refractivity contribution < 1.29 is 9.90 Å². The Hall–Kier alpha value is -1.95. The summed E-state index contributed by atoms with van der Waals surface area (Å²) in [6.07, 6.45) is 2.28. The predicted molar refractivity (Wildman–Crippen MR) is 68.1 cm³/mol. The summed E-state index contributed by atoms with van der Waals surface area (Å²) in [5.74, 6) is -0.851. The second-order valence-electron chi connectivity index (χ2n) is 4.14. The Morgan fingerprint density at radius 3 is 3.06 bits per heavy atom. The topological polar surface area (TPSA) is 66.3 Å². The van der Waals surface area contributed by atoms with Crippen molar-refractivity contribution in [2.75, 3.05) is 11.4 Å². The normalized spacial score (nSPS) is 14.3. The predicted octanol–water partition coefficient (Wildman–Crippen LogP) is 1.80. The van der Waals surface area contributed by atoms with Gasteiger partial charge in [-0.3, -0.25) is 0 Å². The van der Waals surface area contributed by atoms with Crippen LogP contribution in [0.3, 0.4) is 0 Å². The van der Waals surface area contributed by atoms with Gasteiger partial charge in [0.05, 0.1) is 5.56 Å². The first-order chi connectivity index (χ1) is 8.75. The van der Waals surface area contributed by atoms with Crippen molar-refractivity contribution in [2.45, 2.75) is 13.0 Å². The van der Waals surface area contributed by atoms with Gasteiger partial charge in [-0.05, 0) is 23.6 Å². The number of carbonyl (C=O) groups is 1. The zero-order chi connectivity index (χ0) is 12.5. The zero-order valence-corrected chi connectivity index (χ0v) is 10.4.